The lowest BCUT2D eigenvalue weighted by atomic mass is 10.1. The predicted molar refractivity (Wildman–Crippen MR) is 116 cm³/mol. The van der Waals surface area contributed by atoms with Gasteiger partial charge in [0.1, 0.15) is 0 Å². The van der Waals surface area contributed by atoms with Gasteiger partial charge in [-0.25, -0.2) is 0 Å². The van der Waals surface area contributed by atoms with E-state index in [0.717, 1.165) is 31.0 Å². The van der Waals surface area contributed by atoms with Crippen molar-refractivity contribution in [2.24, 2.45) is 0 Å². The highest BCUT2D eigenvalue weighted by atomic mass is 32.2. The number of amides is 1. The Morgan fingerprint density at radius 2 is 1.96 bits per heavy atom. The lowest BCUT2D eigenvalue weighted by Gasteiger charge is -2.30. The second-order valence-corrected chi connectivity index (χ2v) is 8.34. The third kappa shape index (κ3) is 6.82. The zero-order valence-electron chi connectivity index (χ0n) is 17.5. The van der Waals surface area contributed by atoms with Crippen molar-refractivity contribution in [3.63, 3.8) is 0 Å². The molecule has 5 nitrogen and oxygen atoms in total. The third-order valence-corrected chi connectivity index (χ3v) is 6.13. The van der Waals surface area contributed by atoms with Crippen LogP contribution in [0, 0.1) is 0 Å². The summed E-state index contributed by atoms with van der Waals surface area (Å²) < 4.78 is 5.05. The molecule has 0 spiro atoms. The Balaban J connectivity index is 2.07. The molecule has 2 rings (SSSR count). The molecule has 1 saturated heterocycles. The van der Waals surface area contributed by atoms with Gasteiger partial charge in [0.15, 0.2) is 0 Å². The van der Waals surface area contributed by atoms with Gasteiger partial charge in [0.25, 0.3) is 5.91 Å². The molecule has 28 heavy (non-hydrogen) atoms. The highest BCUT2D eigenvalue weighted by Gasteiger charge is 2.28. The van der Waals surface area contributed by atoms with Crippen molar-refractivity contribution < 1.29 is 14.3 Å². The monoisotopic (exact) mass is 406 g/mol. The highest BCUT2D eigenvalue weighted by Crippen LogP contribution is 2.20. The van der Waals surface area contributed by atoms with Crippen molar-refractivity contribution in [2.45, 2.75) is 51.8 Å². The van der Waals surface area contributed by atoms with Gasteiger partial charge in [0.2, 0.25) is 0 Å². The molecule has 0 radical (unpaired) electrons. The minimum Gasteiger partial charge on any atom is -0.466 e. The fourth-order valence-corrected chi connectivity index (χ4v) is 4.29. The van der Waals surface area contributed by atoms with Crippen LogP contribution < -0.4 is 0 Å². The van der Waals surface area contributed by atoms with Gasteiger partial charge >= 0.3 is 5.97 Å². The summed E-state index contributed by atoms with van der Waals surface area (Å²) in [4.78, 5) is 29.3. The van der Waals surface area contributed by atoms with Crippen LogP contribution in [0.25, 0.3) is 0 Å². The predicted octanol–water partition coefficient (Wildman–Crippen LogP) is 3.82. The molecule has 0 bridgehead atoms. The molecule has 1 atom stereocenters. The van der Waals surface area contributed by atoms with Crippen LogP contribution >= 0.6 is 11.8 Å². The van der Waals surface area contributed by atoms with Crippen molar-refractivity contribution in [1.29, 1.82) is 0 Å². The number of carbonyl (C=O) groups excluding carboxylic acids is 2. The summed E-state index contributed by atoms with van der Waals surface area (Å²) in [5, 5.41) is 0. The maximum atomic E-state index is 13.2. The van der Waals surface area contributed by atoms with Gasteiger partial charge in [-0.1, -0.05) is 26.0 Å². The van der Waals surface area contributed by atoms with Crippen LogP contribution in [0.1, 0.15) is 56.0 Å². The summed E-state index contributed by atoms with van der Waals surface area (Å²) >= 11 is 1.87. The van der Waals surface area contributed by atoms with E-state index >= 15 is 0 Å². The van der Waals surface area contributed by atoms with Gasteiger partial charge in [-0.15, -0.1) is 0 Å². The molecule has 0 N–H and O–H groups in total. The quantitative estimate of drug-likeness (QED) is 0.523. The first-order valence-electron chi connectivity index (χ1n) is 10.4. The largest absolute Gasteiger partial charge is 0.466 e. The normalized spacial score (nSPS) is 16.9. The molecule has 1 aliphatic heterocycles. The summed E-state index contributed by atoms with van der Waals surface area (Å²) in [5.41, 5.74) is 1.92. The number of hydrogen-bond donors (Lipinski definition) is 0. The molecule has 1 unspecified atom stereocenters. The van der Waals surface area contributed by atoms with Crippen molar-refractivity contribution >= 4 is 23.6 Å². The van der Waals surface area contributed by atoms with Gasteiger partial charge in [0.05, 0.1) is 13.0 Å². The molecule has 1 aromatic carbocycles. The van der Waals surface area contributed by atoms with Gasteiger partial charge in [-0.05, 0) is 56.3 Å². The van der Waals surface area contributed by atoms with Crippen LogP contribution in [-0.2, 0) is 15.3 Å². The van der Waals surface area contributed by atoms with Crippen LogP contribution in [0.15, 0.2) is 24.3 Å². The summed E-state index contributed by atoms with van der Waals surface area (Å²) in [5.74, 6) is 1.80. The fraction of sp³-hybridized carbons (Fsp3) is 0.636. The Bertz CT molecular complexity index is 621. The van der Waals surface area contributed by atoms with E-state index in [4.69, 9.17) is 4.74 Å². The lowest BCUT2D eigenvalue weighted by molar-refractivity contribution is -0.143. The number of ether oxygens (including phenoxy) is 1. The topological polar surface area (TPSA) is 49.9 Å². The van der Waals surface area contributed by atoms with Crippen molar-refractivity contribution in [3.8, 4) is 0 Å². The standard InChI is InChI=1S/C22H34N2O3S/c1-4-23-14-7-8-20(23)16-24(15-13-21(25)27-5-2)22(26)19-11-9-18(10-12-19)17-28-6-3/h9-12,20H,4-8,13-17H2,1-3H3. The van der Waals surface area contributed by atoms with Crippen LogP contribution in [0.2, 0.25) is 0 Å². The smallest absolute Gasteiger partial charge is 0.307 e. The minimum absolute atomic E-state index is 0.00180. The molecule has 156 valence electrons. The number of likely N-dealkylation sites (tertiary alicyclic amines) is 1. The van der Waals surface area contributed by atoms with E-state index in [2.05, 4.69) is 18.7 Å². The number of hydrogen-bond acceptors (Lipinski definition) is 5. The van der Waals surface area contributed by atoms with E-state index in [1.165, 1.54) is 12.0 Å². The number of likely N-dealkylation sites (N-methyl/N-ethyl adjacent to an activating group) is 1. The van der Waals surface area contributed by atoms with Gasteiger partial charge < -0.3 is 9.64 Å². The van der Waals surface area contributed by atoms with Crippen LogP contribution in [-0.4, -0.2) is 66.3 Å². The number of nitrogens with zero attached hydrogens (tertiary/aromatic N) is 2. The Hall–Kier alpha value is -1.53. The van der Waals surface area contributed by atoms with E-state index in [9.17, 15) is 9.59 Å². The Kier molecular flexibility index (Phi) is 9.85. The number of benzene rings is 1. The highest BCUT2D eigenvalue weighted by molar-refractivity contribution is 7.98. The van der Waals surface area contributed by atoms with Gasteiger partial charge in [-0.2, -0.15) is 11.8 Å². The van der Waals surface area contributed by atoms with Gasteiger partial charge in [0, 0.05) is 30.4 Å². The van der Waals surface area contributed by atoms with E-state index in [1.807, 2.05) is 40.9 Å². The molecule has 1 fully saturated rings. The second kappa shape index (κ2) is 12.1. The van der Waals surface area contributed by atoms with E-state index in [0.29, 0.717) is 31.3 Å². The zero-order valence-corrected chi connectivity index (χ0v) is 18.3. The molecular weight excluding hydrogens is 372 g/mol. The van der Waals surface area contributed by atoms with Crippen LogP contribution in [0.5, 0.6) is 0 Å². The van der Waals surface area contributed by atoms with Crippen LogP contribution in [0.4, 0.5) is 0 Å². The summed E-state index contributed by atoms with van der Waals surface area (Å²) in [6, 6.07) is 8.27. The maximum absolute atomic E-state index is 13.2. The van der Waals surface area contributed by atoms with Crippen molar-refractivity contribution in [3.05, 3.63) is 35.4 Å². The number of esters is 1. The first kappa shape index (κ1) is 22.8. The number of rotatable bonds is 11. The molecule has 1 aliphatic rings. The van der Waals surface area contributed by atoms with E-state index in [-0.39, 0.29) is 18.3 Å². The SMILES string of the molecule is CCOC(=O)CCN(CC1CCCN1CC)C(=O)c1ccc(CSCC)cc1. The molecule has 6 heteroatoms. The third-order valence-electron chi connectivity index (χ3n) is 5.19. The van der Waals surface area contributed by atoms with E-state index < -0.39 is 0 Å². The number of carbonyl (C=O) groups is 2. The Labute approximate surface area is 173 Å². The summed E-state index contributed by atoms with van der Waals surface area (Å²) in [6.45, 7) is 9.63. The zero-order chi connectivity index (χ0) is 20.4. The molecule has 1 amide bonds. The molecule has 0 aliphatic carbocycles. The molecule has 0 aromatic heterocycles. The van der Waals surface area contributed by atoms with Crippen LogP contribution in [0.3, 0.4) is 0 Å². The molecule has 1 heterocycles. The fourth-order valence-electron chi connectivity index (χ4n) is 3.65. The first-order chi connectivity index (χ1) is 13.6. The minimum atomic E-state index is -0.244. The van der Waals surface area contributed by atoms with Crippen molar-refractivity contribution in [2.75, 3.05) is 38.5 Å². The van der Waals surface area contributed by atoms with Crippen molar-refractivity contribution in [1.82, 2.24) is 9.80 Å². The first-order valence-corrected chi connectivity index (χ1v) is 11.6. The van der Waals surface area contributed by atoms with Gasteiger partial charge in [-0.3, -0.25) is 14.5 Å². The average molecular weight is 407 g/mol. The Morgan fingerprint density at radius 1 is 1.21 bits per heavy atom. The molecule has 0 saturated carbocycles. The molecular formula is C22H34N2O3S. The lowest BCUT2D eigenvalue weighted by Crippen LogP contribution is -2.44. The number of thioether (sulfide) groups is 1. The summed E-state index contributed by atoms with van der Waals surface area (Å²) in [7, 11) is 0. The second-order valence-electron chi connectivity index (χ2n) is 7.06. The molecule has 1 aromatic rings. The maximum Gasteiger partial charge on any atom is 0.307 e. The summed E-state index contributed by atoms with van der Waals surface area (Å²) in [6.07, 6.45) is 2.51. The van der Waals surface area contributed by atoms with E-state index in [1.54, 1.807) is 6.92 Å². The average Bonchev–Trinajstić information content (AvgIpc) is 3.16. The Morgan fingerprint density at radius 3 is 2.61 bits per heavy atom.